The molecule has 2 heterocycles. The highest BCUT2D eigenvalue weighted by Gasteiger charge is 2.27. The molecule has 0 bridgehead atoms. The molecular formula is C23H19F2N5O3. The van der Waals surface area contributed by atoms with Crippen LogP contribution in [0.25, 0.3) is 11.3 Å². The average Bonchev–Trinajstić information content (AvgIpc) is 3.30. The summed E-state index contributed by atoms with van der Waals surface area (Å²) in [5.74, 6) is -1.73. The quantitative estimate of drug-likeness (QED) is 0.593. The number of nitrogens with one attached hydrogen (secondary N) is 1. The van der Waals surface area contributed by atoms with Crippen molar-refractivity contribution in [2.75, 3.05) is 25.0 Å². The molecule has 1 aliphatic rings. The highest BCUT2D eigenvalue weighted by Crippen LogP contribution is 2.28. The minimum atomic E-state index is -0.989. The van der Waals surface area contributed by atoms with Gasteiger partial charge in [-0.15, -0.1) is 0 Å². The van der Waals surface area contributed by atoms with Crippen molar-refractivity contribution >= 4 is 17.5 Å². The second kappa shape index (κ2) is 9.58. The third kappa shape index (κ3) is 5.05. The van der Waals surface area contributed by atoms with Gasteiger partial charge in [-0.2, -0.15) is 5.26 Å². The number of anilines is 2. The molecule has 3 aromatic rings. The summed E-state index contributed by atoms with van der Waals surface area (Å²) in [7, 11) is 0. The highest BCUT2D eigenvalue weighted by molar-refractivity contribution is 5.77. The Labute approximate surface area is 188 Å². The summed E-state index contributed by atoms with van der Waals surface area (Å²) in [6, 6.07) is 12.2. The minimum Gasteiger partial charge on any atom is -0.487 e. The van der Waals surface area contributed by atoms with E-state index in [1.54, 1.807) is 24.3 Å². The molecule has 1 aliphatic heterocycles. The zero-order chi connectivity index (χ0) is 23.4. The second-order valence-electron chi connectivity index (χ2n) is 7.37. The predicted octanol–water partition coefficient (Wildman–Crippen LogP) is 3.01. The molecule has 1 atom stereocenters. The van der Waals surface area contributed by atoms with Crippen molar-refractivity contribution in [2.24, 2.45) is 0 Å². The number of aliphatic hydroxyl groups excluding tert-OH is 1. The van der Waals surface area contributed by atoms with Gasteiger partial charge in [0.1, 0.15) is 24.5 Å². The standard InChI is InChI=1S/C23H19F2N5O3/c24-18-3-2-16(10-19(18)25)28-23-27-7-5-20(29-23)14-1-4-21(15(9-14)11-26)33-17-6-8-30(12-17)22(32)13-31/h1-5,7,9-10,17,31H,6,8,12-13H2,(H,27,28,29). The molecular weight excluding hydrogens is 432 g/mol. The van der Waals surface area contributed by atoms with Gasteiger partial charge >= 0.3 is 0 Å². The lowest BCUT2D eigenvalue weighted by molar-refractivity contribution is -0.133. The smallest absolute Gasteiger partial charge is 0.248 e. The Morgan fingerprint density at radius 2 is 2.09 bits per heavy atom. The predicted molar refractivity (Wildman–Crippen MR) is 115 cm³/mol. The minimum absolute atomic E-state index is 0.178. The van der Waals surface area contributed by atoms with Crippen molar-refractivity contribution in [2.45, 2.75) is 12.5 Å². The van der Waals surface area contributed by atoms with Crippen LogP contribution in [-0.2, 0) is 4.79 Å². The number of carbonyl (C=O) groups is 1. The molecule has 4 rings (SSSR count). The number of hydrogen-bond donors (Lipinski definition) is 2. The van der Waals surface area contributed by atoms with Crippen molar-refractivity contribution in [3.8, 4) is 23.1 Å². The lowest BCUT2D eigenvalue weighted by Crippen LogP contribution is -2.32. The zero-order valence-electron chi connectivity index (χ0n) is 17.3. The van der Waals surface area contributed by atoms with Crippen molar-refractivity contribution in [1.82, 2.24) is 14.9 Å². The third-order valence-corrected chi connectivity index (χ3v) is 5.15. The van der Waals surface area contributed by atoms with Crippen LogP contribution < -0.4 is 10.1 Å². The first-order valence-electron chi connectivity index (χ1n) is 10.1. The molecule has 1 unspecified atom stereocenters. The number of rotatable bonds is 6. The summed E-state index contributed by atoms with van der Waals surface area (Å²) in [5.41, 5.74) is 1.74. The number of likely N-dealkylation sites (tertiary alicyclic amines) is 1. The molecule has 1 aromatic heterocycles. The monoisotopic (exact) mass is 451 g/mol. The first kappa shape index (κ1) is 22.1. The Morgan fingerprint density at radius 1 is 1.24 bits per heavy atom. The van der Waals surface area contributed by atoms with Crippen LogP contribution in [0.3, 0.4) is 0 Å². The van der Waals surface area contributed by atoms with Crippen molar-refractivity contribution < 1.29 is 23.4 Å². The van der Waals surface area contributed by atoms with E-state index >= 15 is 0 Å². The molecule has 2 aromatic carbocycles. The number of ether oxygens (including phenoxy) is 1. The van der Waals surface area contributed by atoms with Gasteiger partial charge < -0.3 is 20.1 Å². The topological polar surface area (TPSA) is 111 Å². The molecule has 8 nitrogen and oxygen atoms in total. The van der Waals surface area contributed by atoms with Crippen LogP contribution in [0, 0.1) is 23.0 Å². The number of benzene rings is 2. The summed E-state index contributed by atoms with van der Waals surface area (Å²) in [4.78, 5) is 21.6. The highest BCUT2D eigenvalue weighted by atomic mass is 19.2. The van der Waals surface area contributed by atoms with Gasteiger partial charge in [0.25, 0.3) is 0 Å². The lowest BCUT2D eigenvalue weighted by atomic mass is 10.1. The van der Waals surface area contributed by atoms with Crippen LogP contribution >= 0.6 is 0 Å². The number of aromatic nitrogens is 2. The van der Waals surface area contributed by atoms with Gasteiger partial charge in [-0.25, -0.2) is 18.7 Å². The summed E-state index contributed by atoms with van der Waals surface area (Å²) in [6.45, 7) is 0.284. The van der Waals surface area contributed by atoms with Gasteiger partial charge in [0, 0.05) is 36.5 Å². The average molecular weight is 451 g/mol. The summed E-state index contributed by atoms with van der Waals surface area (Å²) in [6.07, 6.45) is 1.83. The zero-order valence-corrected chi connectivity index (χ0v) is 17.3. The van der Waals surface area contributed by atoms with Gasteiger partial charge in [-0.1, -0.05) is 0 Å². The first-order valence-corrected chi connectivity index (χ1v) is 10.1. The van der Waals surface area contributed by atoms with Crippen LogP contribution in [0.4, 0.5) is 20.4 Å². The Bertz CT molecular complexity index is 1230. The normalized spacial score (nSPS) is 15.2. The van der Waals surface area contributed by atoms with E-state index in [0.29, 0.717) is 42.1 Å². The number of aliphatic hydroxyl groups is 1. The summed E-state index contributed by atoms with van der Waals surface area (Å²) < 4.78 is 32.5. The van der Waals surface area contributed by atoms with E-state index in [1.165, 1.54) is 17.2 Å². The molecule has 33 heavy (non-hydrogen) atoms. The molecule has 2 N–H and O–H groups in total. The Morgan fingerprint density at radius 3 is 2.85 bits per heavy atom. The maximum atomic E-state index is 13.4. The number of halogens is 2. The van der Waals surface area contributed by atoms with Crippen LogP contribution in [0.2, 0.25) is 0 Å². The van der Waals surface area contributed by atoms with E-state index in [0.717, 1.165) is 12.1 Å². The molecule has 1 fully saturated rings. The van der Waals surface area contributed by atoms with Crippen LogP contribution in [0.1, 0.15) is 12.0 Å². The number of nitriles is 1. The molecule has 1 saturated heterocycles. The fourth-order valence-corrected chi connectivity index (χ4v) is 3.49. The van der Waals surface area contributed by atoms with Crippen molar-refractivity contribution in [3.05, 3.63) is 65.9 Å². The molecule has 0 spiro atoms. The van der Waals surface area contributed by atoms with Gasteiger partial charge in [0.05, 0.1) is 17.8 Å². The van der Waals surface area contributed by atoms with E-state index in [4.69, 9.17) is 9.84 Å². The molecule has 10 heteroatoms. The van der Waals surface area contributed by atoms with Gasteiger partial charge in [-0.3, -0.25) is 4.79 Å². The maximum absolute atomic E-state index is 13.4. The number of amides is 1. The van der Waals surface area contributed by atoms with E-state index in [1.807, 2.05) is 0 Å². The number of hydrogen-bond acceptors (Lipinski definition) is 7. The SMILES string of the molecule is N#Cc1cc(-c2ccnc(Nc3ccc(F)c(F)c3)n2)ccc1OC1CCN(C(=O)CO)C1. The molecule has 0 radical (unpaired) electrons. The van der Waals surface area contributed by atoms with Gasteiger partial charge in [0.2, 0.25) is 11.9 Å². The van der Waals surface area contributed by atoms with Crippen LogP contribution in [-0.4, -0.2) is 51.7 Å². The molecule has 0 aliphatic carbocycles. The summed E-state index contributed by atoms with van der Waals surface area (Å²) >= 11 is 0. The van der Waals surface area contributed by atoms with Gasteiger partial charge in [0.15, 0.2) is 11.6 Å². The van der Waals surface area contributed by atoms with Crippen LogP contribution in [0.5, 0.6) is 5.75 Å². The second-order valence-corrected chi connectivity index (χ2v) is 7.37. The fourth-order valence-electron chi connectivity index (χ4n) is 3.49. The van der Waals surface area contributed by atoms with E-state index in [2.05, 4.69) is 21.4 Å². The van der Waals surface area contributed by atoms with Gasteiger partial charge in [-0.05, 0) is 36.4 Å². The van der Waals surface area contributed by atoms with Crippen molar-refractivity contribution in [3.63, 3.8) is 0 Å². The molecule has 1 amide bonds. The third-order valence-electron chi connectivity index (χ3n) is 5.15. The maximum Gasteiger partial charge on any atom is 0.248 e. The Balaban J connectivity index is 1.51. The van der Waals surface area contributed by atoms with Crippen LogP contribution in [0.15, 0.2) is 48.7 Å². The number of nitrogens with zero attached hydrogens (tertiary/aromatic N) is 4. The van der Waals surface area contributed by atoms with E-state index in [-0.39, 0.29) is 23.6 Å². The Hall–Kier alpha value is -4.10. The first-order chi connectivity index (χ1) is 16.0. The molecule has 168 valence electrons. The number of carbonyl (C=O) groups excluding carboxylic acids is 1. The fraction of sp³-hybridized carbons (Fsp3) is 0.217. The van der Waals surface area contributed by atoms with E-state index in [9.17, 15) is 18.8 Å². The largest absolute Gasteiger partial charge is 0.487 e. The van der Waals surface area contributed by atoms with Crippen molar-refractivity contribution in [1.29, 1.82) is 5.26 Å². The van der Waals surface area contributed by atoms with E-state index < -0.39 is 18.2 Å². The summed E-state index contributed by atoms with van der Waals surface area (Å²) in [5, 5.41) is 21.4. The molecule has 0 saturated carbocycles. The Kier molecular flexibility index (Phi) is 6.42. The lowest BCUT2D eigenvalue weighted by Gasteiger charge is -2.17.